The molecule has 124 valence electrons. The van der Waals surface area contributed by atoms with Crippen LogP contribution in [0.25, 0.3) is 5.57 Å². The zero-order chi connectivity index (χ0) is 17.3. The first-order valence-electron chi connectivity index (χ1n) is 7.42. The van der Waals surface area contributed by atoms with Crippen molar-refractivity contribution in [3.05, 3.63) is 75.8 Å². The van der Waals surface area contributed by atoms with Crippen LogP contribution in [0.5, 0.6) is 0 Å². The molecule has 0 saturated carbocycles. The van der Waals surface area contributed by atoms with Crippen molar-refractivity contribution in [3.63, 3.8) is 0 Å². The molecule has 2 aliphatic rings. The van der Waals surface area contributed by atoms with Crippen molar-refractivity contribution in [1.82, 2.24) is 0 Å². The maximum Gasteiger partial charge on any atom is 0.238 e. The van der Waals surface area contributed by atoms with Gasteiger partial charge in [-0.25, -0.2) is 13.6 Å². The first-order valence-corrected chi connectivity index (χ1v) is 9.34. The molecule has 2 N–H and O–H groups in total. The monoisotopic (exact) mass is 363 g/mol. The number of primary sulfonamides is 1. The number of halogens is 2. The first-order chi connectivity index (χ1) is 11.4. The highest BCUT2D eigenvalue weighted by Crippen LogP contribution is 2.39. The van der Waals surface area contributed by atoms with Gasteiger partial charge in [0.15, 0.2) is 5.83 Å². The van der Waals surface area contributed by atoms with Crippen molar-refractivity contribution in [2.45, 2.75) is 24.2 Å². The van der Waals surface area contributed by atoms with E-state index in [1.165, 1.54) is 18.2 Å². The van der Waals surface area contributed by atoms with Crippen LogP contribution in [0.3, 0.4) is 0 Å². The van der Waals surface area contributed by atoms with E-state index in [4.69, 9.17) is 16.7 Å². The van der Waals surface area contributed by atoms with E-state index in [9.17, 15) is 12.8 Å². The Labute approximate surface area is 145 Å². The SMILES string of the molecule is NS(=O)(=O)c1ccc(C2=C(C3=CC=C=C(F)C(Cl)=C3)CCC2)cc1. The Morgan fingerprint density at radius 2 is 1.79 bits per heavy atom. The zero-order valence-electron chi connectivity index (χ0n) is 12.7. The summed E-state index contributed by atoms with van der Waals surface area (Å²) in [6.07, 6.45) is 7.61. The number of allylic oxidation sites excluding steroid dienone is 7. The van der Waals surface area contributed by atoms with Gasteiger partial charge in [0.25, 0.3) is 0 Å². The van der Waals surface area contributed by atoms with Crippen LogP contribution in [0.4, 0.5) is 4.39 Å². The molecule has 3 nitrogen and oxygen atoms in total. The van der Waals surface area contributed by atoms with E-state index < -0.39 is 15.9 Å². The highest BCUT2D eigenvalue weighted by Gasteiger charge is 2.20. The maximum atomic E-state index is 13.5. The van der Waals surface area contributed by atoms with Crippen LogP contribution in [0.2, 0.25) is 0 Å². The molecule has 0 unspecified atom stereocenters. The van der Waals surface area contributed by atoms with E-state index in [-0.39, 0.29) is 9.93 Å². The minimum absolute atomic E-state index is 0.0262. The second kappa shape index (κ2) is 6.54. The molecule has 0 radical (unpaired) electrons. The van der Waals surface area contributed by atoms with E-state index in [0.717, 1.165) is 41.5 Å². The molecule has 3 rings (SSSR count). The van der Waals surface area contributed by atoms with Crippen molar-refractivity contribution < 1.29 is 12.8 Å². The molecule has 1 aromatic rings. The summed E-state index contributed by atoms with van der Waals surface area (Å²) in [5, 5.41) is 5.16. The lowest BCUT2D eigenvalue weighted by Crippen LogP contribution is -2.11. The van der Waals surface area contributed by atoms with E-state index in [2.05, 4.69) is 5.73 Å². The Morgan fingerprint density at radius 1 is 1.12 bits per heavy atom. The van der Waals surface area contributed by atoms with Crippen LogP contribution in [-0.2, 0) is 10.0 Å². The lowest BCUT2D eigenvalue weighted by Gasteiger charge is -2.10. The maximum absolute atomic E-state index is 13.5. The van der Waals surface area contributed by atoms with Gasteiger partial charge in [0.05, 0.1) is 9.93 Å². The molecule has 0 aromatic heterocycles. The normalized spacial score (nSPS) is 18.2. The van der Waals surface area contributed by atoms with Gasteiger partial charge in [0, 0.05) is 0 Å². The zero-order valence-corrected chi connectivity index (χ0v) is 14.3. The Balaban J connectivity index is 2.02. The minimum atomic E-state index is -3.71. The van der Waals surface area contributed by atoms with Crippen molar-refractivity contribution in [1.29, 1.82) is 0 Å². The van der Waals surface area contributed by atoms with E-state index in [0.29, 0.717) is 0 Å². The lowest BCUT2D eigenvalue weighted by atomic mass is 9.96. The van der Waals surface area contributed by atoms with Crippen molar-refractivity contribution in [2.75, 3.05) is 0 Å². The summed E-state index contributed by atoms with van der Waals surface area (Å²) in [7, 11) is -3.71. The number of hydrogen-bond donors (Lipinski definition) is 1. The van der Waals surface area contributed by atoms with Gasteiger partial charge in [0.2, 0.25) is 10.0 Å². The van der Waals surface area contributed by atoms with Gasteiger partial charge in [-0.05, 0) is 71.9 Å². The Kier molecular flexibility index (Phi) is 4.61. The molecule has 24 heavy (non-hydrogen) atoms. The Bertz CT molecular complexity index is 947. The fourth-order valence-corrected chi connectivity index (χ4v) is 3.62. The number of hydrogen-bond acceptors (Lipinski definition) is 2. The third-order valence-electron chi connectivity index (χ3n) is 4.06. The lowest BCUT2D eigenvalue weighted by molar-refractivity contribution is 0.598. The van der Waals surface area contributed by atoms with Crippen LogP contribution in [0.15, 0.2) is 75.1 Å². The molecule has 2 aliphatic carbocycles. The van der Waals surface area contributed by atoms with Crippen LogP contribution >= 0.6 is 11.6 Å². The summed E-state index contributed by atoms with van der Waals surface area (Å²) in [6, 6.07) is 6.49. The number of nitrogens with two attached hydrogens (primary N) is 1. The van der Waals surface area contributed by atoms with Crippen LogP contribution < -0.4 is 5.14 Å². The Morgan fingerprint density at radius 3 is 2.46 bits per heavy atom. The molecule has 0 aliphatic heterocycles. The largest absolute Gasteiger partial charge is 0.238 e. The predicted octanol–water partition coefficient (Wildman–Crippen LogP) is 4.34. The summed E-state index contributed by atoms with van der Waals surface area (Å²) < 4.78 is 36.3. The predicted molar refractivity (Wildman–Crippen MR) is 93.3 cm³/mol. The third-order valence-corrected chi connectivity index (χ3v) is 5.27. The number of benzene rings is 1. The van der Waals surface area contributed by atoms with Gasteiger partial charge in [-0.3, -0.25) is 0 Å². The number of rotatable bonds is 3. The summed E-state index contributed by atoms with van der Waals surface area (Å²) in [6.45, 7) is 0. The molecular weight excluding hydrogens is 349 g/mol. The molecule has 0 heterocycles. The second-order valence-corrected chi connectivity index (χ2v) is 7.59. The van der Waals surface area contributed by atoms with Crippen molar-refractivity contribution in [3.8, 4) is 0 Å². The van der Waals surface area contributed by atoms with Crippen molar-refractivity contribution >= 4 is 27.2 Å². The summed E-state index contributed by atoms with van der Waals surface area (Å²) >= 11 is 5.93. The first kappa shape index (κ1) is 16.9. The molecule has 0 spiro atoms. The van der Waals surface area contributed by atoms with Gasteiger partial charge in [-0.1, -0.05) is 29.5 Å². The van der Waals surface area contributed by atoms with E-state index in [1.807, 2.05) is 0 Å². The standard InChI is InChI=1S/C18H15ClFNO2S/c19-17-11-13(3-1-6-18(17)20)16-5-2-4-15(16)12-7-9-14(10-8-12)24(21,22)23/h1,3,7-11H,2,4-5H2,(H2,21,22,23). The highest BCUT2D eigenvalue weighted by molar-refractivity contribution is 7.89. The fourth-order valence-electron chi connectivity index (χ4n) is 2.94. The fraction of sp³-hybridized carbons (Fsp3) is 0.167. The van der Waals surface area contributed by atoms with Gasteiger partial charge in [-0.15, -0.1) is 0 Å². The van der Waals surface area contributed by atoms with Gasteiger partial charge in [-0.2, -0.15) is 4.39 Å². The average molecular weight is 364 g/mol. The molecule has 0 amide bonds. The summed E-state index contributed by atoms with van der Waals surface area (Å²) in [5.74, 6) is -0.583. The molecular formula is C18H15ClFNO2S. The highest BCUT2D eigenvalue weighted by atomic mass is 35.5. The average Bonchev–Trinajstić information content (AvgIpc) is 2.96. The molecule has 0 fully saturated rings. The van der Waals surface area contributed by atoms with Crippen LogP contribution in [-0.4, -0.2) is 8.42 Å². The van der Waals surface area contributed by atoms with Gasteiger partial charge < -0.3 is 0 Å². The second-order valence-electron chi connectivity index (χ2n) is 5.62. The van der Waals surface area contributed by atoms with Gasteiger partial charge in [0.1, 0.15) is 0 Å². The smallest absolute Gasteiger partial charge is 0.225 e. The summed E-state index contributed by atoms with van der Waals surface area (Å²) in [4.78, 5) is 0.0808. The van der Waals surface area contributed by atoms with E-state index >= 15 is 0 Å². The van der Waals surface area contributed by atoms with Crippen LogP contribution in [0, 0.1) is 0 Å². The molecule has 0 bridgehead atoms. The quantitative estimate of drug-likeness (QED) is 0.812. The topological polar surface area (TPSA) is 60.2 Å². The Hall–Kier alpha value is -1.91. The minimum Gasteiger partial charge on any atom is -0.225 e. The number of sulfonamides is 1. The molecule has 0 saturated heterocycles. The molecule has 6 heteroatoms. The van der Waals surface area contributed by atoms with Crippen LogP contribution in [0.1, 0.15) is 24.8 Å². The molecule has 0 atom stereocenters. The third kappa shape index (κ3) is 3.45. The van der Waals surface area contributed by atoms with E-state index in [1.54, 1.807) is 24.3 Å². The van der Waals surface area contributed by atoms with Crippen molar-refractivity contribution in [2.24, 2.45) is 5.14 Å². The molecule has 1 aromatic carbocycles. The van der Waals surface area contributed by atoms with Gasteiger partial charge >= 0.3 is 0 Å². The summed E-state index contributed by atoms with van der Waals surface area (Å²) in [5.41, 5.74) is 6.45.